The molecule has 0 aliphatic carbocycles. The summed E-state index contributed by atoms with van der Waals surface area (Å²) in [5.74, 6) is 0.717. The van der Waals surface area contributed by atoms with E-state index in [4.69, 9.17) is 0 Å². The van der Waals surface area contributed by atoms with Crippen molar-refractivity contribution in [1.82, 2.24) is 24.5 Å². The molecule has 0 saturated carbocycles. The molecule has 0 atom stereocenters. The highest BCUT2D eigenvalue weighted by Gasteiger charge is 2.18. The van der Waals surface area contributed by atoms with Gasteiger partial charge in [-0.1, -0.05) is 49.0 Å². The van der Waals surface area contributed by atoms with E-state index in [2.05, 4.69) is 15.5 Å². The molecule has 1 amide bonds. The number of nitrogens with one attached hydrogen (secondary N) is 1. The number of carbonyl (C=O) groups is 1. The lowest BCUT2D eigenvalue weighted by Gasteiger charge is -2.08. The van der Waals surface area contributed by atoms with Gasteiger partial charge in [0.1, 0.15) is 4.70 Å². The van der Waals surface area contributed by atoms with Crippen LogP contribution in [0.4, 0.5) is 0 Å². The Balaban J connectivity index is 1.48. The molecule has 0 bridgehead atoms. The third kappa shape index (κ3) is 4.06. The van der Waals surface area contributed by atoms with E-state index < -0.39 is 0 Å². The SMILES string of the molecule is CCCn1c(=O)c2sccc2n2c(SCC(=O)NCCc3ccccc3)nnc12. The van der Waals surface area contributed by atoms with Crippen LogP contribution in [0.1, 0.15) is 18.9 Å². The minimum atomic E-state index is -0.0499. The first-order chi connectivity index (χ1) is 14.2. The molecule has 0 radical (unpaired) electrons. The lowest BCUT2D eigenvalue weighted by Crippen LogP contribution is -2.27. The van der Waals surface area contributed by atoms with Gasteiger partial charge in [0, 0.05) is 13.1 Å². The Morgan fingerprint density at radius 1 is 1.21 bits per heavy atom. The van der Waals surface area contributed by atoms with Gasteiger partial charge >= 0.3 is 0 Å². The van der Waals surface area contributed by atoms with Crippen molar-refractivity contribution < 1.29 is 4.79 Å². The normalized spacial score (nSPS) is 11.3. The summed E-state index contributed by atoms with van der Waals surface area (Å²) < 4.78 is 4.22. The number of nitrogens with zero attached hydrogens (tertiary/aromatic N) is 4. The quantitative estimate of drug-likeness (QED) is 0.437. The summed E-state index contributed by atoms with van der Waals surface area (Å²) in [4.78, 5) is 25.0. The van der Waals surface area contributed by atoms with E-state index in [0.717, 1.165) is 18.4 Å². The van der Waals surface area contributed by atoms with Crippen LogP contribution in [0, 0.1) is 0 Å². The van der Waals surface area contributed by atoms with Gasteiger partial charge in [-0.15, -0.1) is 21.5 Å². The number of carbonyl (C=O) groups excluding carboxylic acids is 1. The second-order valence-electron chi connectivity index (χ2n) is 6.58. The first-order valence-corrected chi connectivity index (χ1v) is 11.3. The molecule has 150 valence electrons. The van der Waals surface area contributed by atoms with Crippen LogP contribution >= 0.6 is 23.1 Å². The summed E-state index contributed by atoms with van der Waals surface area (Å²) in [6.07, 6.45) is 1.62. The van der Waals surface area contributed by atoms with Crippen molar-refractivity contribution in [1.29, 1.82) is 0 Å². The summed E-state index contributed by atoms with van der Waals surface area (Å²) in [5.41, 5.74) is 1.95. The molecule has 3 aromatic heterocycles. The molecule has 0 spiro atoms. The fourth-order valence-corrected chi connectivity index (χ4v) is 4.78. The molecule has 7 nitrogen and oxygen atoms in total. The van der Waals surface area contributed by atoms with E-state index >= 15 is 0 Å². The number of aromatic nitrogens is 4. The number of rotatable bonds is 8. The smallest absolute Gasteiger partial charge is 0.272 e. The van der Waals surface area contributed by atoms with Crippen molar-refractivity contribution in [3.63, 3.8) is 0 Å². The van der Waals surface area contributed by atoms with Crippen molar-refractivity contribution in [3.8, 4) is 0 Å². The predicted octanol–water partition coefficient (Wildman–Crippen LogP) is 2.97. The van der Waals surface area contributed by atoms with Gasteiger partial charge in [0.05, 0.1) is 11.3 Å². The molecule has 3 heterocycles. The second-order valence-corrected chi connectivity index (χ2v) is 8.44. The minimum Gasteiger partial charge on any atom is -0.355 e. The van der Waals surface area contributed by atoms with E-state index in [1.165, 1.54) is 28.7 Å². The minimum absolute atomic E-state index is 0.0352. The van der Waals surface area contributed by atoms with Crippen LogP contribution in [0.15, 0.2) is 51.7 Å². The summed E-state index contributed by atoms with van der Waals surface area (Å²) in [6, 6.07) is 12.0. The Morgan fingerprint density at radius 3 is 2.83 bits per heavy atom. The monoisotopic (exact) mass is 427 g/mol. The Labute approximate surface area is 175 Å². The number of thioether (sulfide) groups is 1. The van der Waals surface area contributed by atoms with E-state index in [9.17, 15) is 9.59 Å². The Morgan fingerprint density at radius 2 is 2.03 bits per heavy atom. The van der Waals surface area contributed by atoms with Gasteiger partial charge in [-0.3, -0.25) is 18.6 Å². The number of hydrogen-bond acceptors (Lipinski definition) is 6. The van der Waals surface area contributed by atoms with Gasteiger partial charge in [-0.05, 0) is 29.9 Å². The molecule has 0 aliphatic heterocycles. The zero-order chi connectivity index (χ0) is 20.2. The van der Waals surface area contributed by atoms with Crippen LogP contribution < -0.4 is 10.9 Å². The first kappa shape index (κ1) is 19.7. The molecule has 29 heavy (non-hydrogen) atoms. The number of benzene rings is 1. The molecule has 1 N–H and O–H groups in total. The van der Waals surface area contributed by atoms with Crippen LogP contribution in [-0.2, 0) is 17.8 Å². The predicted molar refractivity (Wildman–Crippen MR) is 117 cm³/mol. The number of aryl methyl sites for hydroxylation is 1. The topological polar surface area (TPSA) is 81.3 Å². The lowest BCUT2D eigenvalue weighted by molar-refractivity contribution is -0.118. The fraction of sp³-hybridized carbons (Fsp3) is 0.300. The average molecular weight is 428 g/mol. The van der Waals surface area contributed by atoms with Gasteiger partial charge in [-0.25, -0.2) is 0 Å². The van der Waals surface area contributed by atoms with E-state index in [-0.39, 0.29) is 17.2 Å². The van der Waals surface area contributed by atoms with Gasteiger partial charge < -0.3 is 5.32 Å². The molecule has 1 aromatic carbocycles. The summed E-state index contributed by atoms with van der Waals surface area (Å²) in [7, 11) is 0. The summed E-state index contributed by atoms with van der Waals surface area (Å²) >= 11 is 2.74. The second kappa shape index (κ2) is 8.79. The standard InChI is InChI=1S/C20H21N5O2S2/c1-2-11-24-18(27)17-15(9-12-28-17)25-19(24)22-23-20(25)29-13-16(26)21-10-8-14-6-4-3-5-7-14/h3-7,9,12H,2,8,10-11,13H2,1H3,(H,21,26). The molecule has 0 unspecified atom stereocenters. The number of hydrogen-bond donors (Lipinski definition) is 1. The molecule has 0 fully saturated rings. The summed E-state index contributed by atoms with van der Waals surface area (Å²) in [5, 5.41) is 13.9. The van der Waals surface area contributed by atoms with Gasteiger partial charge in [-0.2, -0.15) is 0 Å². The number of fused-ring (bicyclic) bond motifs is 3. The Hall–Kier alpha value is -2.65. The molecule has 9 heteroatoms. The average Bonchev–Trinajstić information content (AvgIpc) is 3.37. The maximum absolute atomic E-state index is 12.7. The van der Waals surface area contributed by atoms with Crippen LogP contribution in [-0.4, -0.2) is 37.4 Å². The Bertz CT molecular complexity index is 1200. The summed E-state index contributed by atoms with van der Waals surface area (Å²) in [6.45, 7) is 3.20. The highest BCUT2D eigenvalue weighted by molar-refractivity contribution is 7.99. The van der Waals surface area contributed by atoms with Crippen molar-refractivity contribution in [2.75, 3.05) is 12.3 Å². The molecule has 0 saturated heterocycles. The maximum Gasteiger partial charge on any atom is 0.272 e. The molecule has 4 rings (SSSR count). The van der Waals surface area contributed by atoms with Gasteiger partial charge in [0.25, 0.3) is 5.56 Å². The maximum atomic E-state index is 12.7. The zero-order valence-corrected chi connectivity index (χ0v) is 17.6. The lowest BCUT2D eigenvalue weighted by atomic mass is 10.1. The van der Waals surface area contributed by atoms with E-state index in [1.54, 1.807) is 4.57 Å². The van der Waals surface area contributed by atoms with Crippen molar-refractivity contribution in [2.24, 2.45) is 0 Å². The van der Waals surface area contributed by atoms with E-state index in [0.29, 0.717) is 28.7 Å². The fourth-order valence-electron chi connectivity index (χ4n) is 3.19. The third-order valence-electron chi connectivity index (χ3n) is 4.54. The van der Waals surface area contributed by atoms with Gasteiger partial charge in [0.2, 0.25) is 11.7 Å². The van der Waals surface area contributed by atoms with Crippen LogP contribution in [0.2, 0.25) is 0 Å². The van der Waals surface area contributed by atoms with Crippen molar-refractivity contribution in [3.05, 3.63) is 57.7 Å². The number of amides is 1. The van der Waals surface area contributed by atoms with Gasteiger partial charge in [0.15, 0.2) is 5.16 Å². The van der Waals surface area contributed by atoms with Crippen molar-refractivity contribution in [2.45, 2.75) is 31.5 Å². The van der Waals surface area contributed by atoms with Crippen LogP contribution in [0.3, 0.4) is 0 Å². The van der Waals surface area contributed by atoms with E-state index in [1.807, 2.05) is 53.1 Å². The Kier molecular flexibility index (Phi) is 5.96. The molecular formula is C20H21N5O2S2. The number of thiophene rings is 1. The third-order valence-corrected chi connectivity index (χ3v) is 6.36. The molecule has 0 aliphatic rings. The highest BCUT2D eigenvalue weighted by Crippen LogP contribution is 2.24. The van der Waals surface area contributed by atoms with Crippen molar-refractivity contribution >= 4 is 45.0 Å². The first-order valence-electron chi connectivity index (χ1n) is 9.47. The highest BCUT2D eigenvalue weighted by atomic mass is 32.2. The molecule has 4 aromatic rings. The zero-order valence-electron chi connectivity index (χ0n) is 16.0. The largest absolute Gasteiger partial charge is 0.355 e. The van der Waals surface area contributed by atoms with Crippen LogP contribution in [0.25, 0.3) is 16.0 Å². The molecular weight excluding hydrogens is 406 g/mol. The van der Waals surface area contributed by atoms with Crippen LogP contribution in [0.5, 0.6) is 0 Å².